The summed E-state index contributed by atoms with van der Waals surface area (Å²) in [6, 6.07) is 7.19. The van der Waals surface area contributed by atoms with Crippen LogP contribution in [0.4, 0.5) is 11.4 Å². The standard InChI is InChI=1S/C14H20N2O2/c1-3-6-13(17)15-11-8-5-9-12(10-11)16-14(18)7-4-2/h5,8-10H,3-4,6-7H2,1-2H3,(H,15,17)(H,16,18). The summed E-state index contributed by atoms with van der Waals surface area (Å²) < 4.78 is 0. The van der Waals surface area contributed by atoms with Crippen molar-refractivity contribution in [3.8, 4) is 0 Å². The van der Waals surface area contributed by atoms with Crippen LogP contribution in [0.3, 0.4) is 0 Å². The van der Waals surface area contributed by atoms with Crippen molar-refractivity contribution < 1.29 is 9.59 Å². The minimum atomic E-state index is -0.00506. The van der Waals surface area contributed by atoms with Crippen LogP contribution in [-0.2, 0) is 9.59 Å². The highest BCUT2D eigenvalue weighted by Gasteiger charge is 2.03. The maximum Gasteiger partial charge on any atom is 0.224 e. The SMILES string of the molecule is CCCC(=O)Nc1cccc(NC(=O)CCC)c1. The molecule has 18 heavy (non-hydrogen) atoms. The fraction of sp³-hybridized carbons (Fsp3) is 0.429. The molecule has 0 aliphatic carbocycles. The number of carbonyl (C=O) groups is 2. The molecule has 0 spiro atoms. The summed E-state index contributed by atoms with van der Waals surface area (Å²) in [5, 5.41) is 5.60. The zero-order valence-electron chi connectivity index (χ0n) is 11.0. The van der Waals surface area contributed by atoms with Crippen molar-refractivity contribution in [2.24, 2.45) is 0 Å². The van der Waals surface area contributed by atoms with E-state index in [4.69, 9.17) is 0 Å². The molecule has 1 aromatic rings. The van der Waals surface area contributed by atoms with E-state index in [9.17, 15) is 9.59 Å². The van der Waals surface area contributed by atoms with Crippen molar-refractivity contribution in [1.29, 1.82) is 0 Å². The van der Waals surface area contributed by atoms with Crippen molar-refractivity contribution in [2.75, 3.05) is 10.6 Å². The summed E-state index contributed by atoms with van der Waals surface area (Å²) in [5.74, 6) is -0.0101. The Kier molecular flexibility index (Phi) is 5.91. The first-order valence-corrected chi connectivity index (χ1v) is 6.35. The fourth-order valence-electron chi connectivity index (χ4n) is 1.58. The van der Waals surface area contributed by atoms with Gasteiger partial charge in [0.25, 0.3) is 0 Å². The van der Waals surface area contributed by atoms with Gasteiger partial charge in [-0.25, -0.2) is 0 Å². The molecule has 4 heteroatoms. The normalized spacial score (nSPS) is 9.89. The molecule has 4 nitrogen and oxygen atoms in total. The van der Waals surface area contributed by atoms with Gasteiger partial charge in [-0.05, 0) is 31.0 Å². The molecule has 0 heterocycles. The van der Waals surface area contributed by atoms with Gasteiger partial charge in [-0.15, -0.1) is 0 Å². The van der Waals surface area contributed by atoms with Crippen LogP contribution in [0.1, 0.15) is 39.5 Å². The highest BCUT2D eigenvalue weighted by Crippen LogP contribution is 2.15. The van der Waals surface area contributed by atoms with Gasteiger partial charge in [0.05, 0.1) is 0 Å². The fourth-order valence-corrected chi connectivity index (χ4v) is 1.58. The topological polar surface area (TPSA) is 58.2 Å². The second-order valence-electron chi connectivity index (χ2n) is 4.18. The second-order valence-corrected chi connectivity index (χ2v) is 4.18. The first kappa shape index (κ1) is 14.2. The molecule has 0 saturated carbocycles. The molecule has 0 aromatic heterocycles. The van der Waals surface area contributed by atoms with Gasteiger partial charge in [-0.2, -0.15) is 0 Å². The van der Waals surface area contributed by atoms with Gasteiger partial charge < -0.3 is 10.6 Å². The lowest BCUT2D eigenvalue weighted by atomic mass is 10.2. The number of anilines is 2. The Morgan fingerprint density at radius 2 is 1.39 bits per heavy atom. The Balaban J connectivity index is 2.61. The van der Waals surface area contributed by atoms with Crippen LogP contribution in [0.5, 0.6) is 0 Å². The first-order valence-electron chi connectivity index (χ1n) is 6.35. The number of rotatable bonds is 6. The molecule has 0 radical (unpaired) electrons. The molecule has 0 aliphatic rings. The Bertz CT molecular complexity index is 381. The van der Waals surface area contributed by atoms with Crippen molar-refractivity contribution in [3.05, 3.63) is 24.3 Å². The van der Waals surface area contributed by atoms with Crippen molar-refractivity contribution in [3.63, 3.8) is 0 Å². The lowest BCUT2D eigenvalue weighted by Crippen LogP contribution is -2.12. The van der Waals surface area contributed by atoms with E-state index in [1.807, 2.05) is 32.0 Å². The zero-order valence-corrected chi connectivity index (χ0v) is 11.0. The number of carbonyl (C=O) groups excluding carboxylic acids is 2. The first-order chi connectivity index (χ1) is 8.65. The van der Waals surface area contributed by atoms with E-state index >= 15 is 0 Å². The summed E-state index contributed by atoms with van der Waals surface area (Å²) in [7, 11) is 0. The third-order valence-electron chi connectivity index (χ3n) is 2.38. The van der Waals surface area contributed by atoms with Gasteiger partial charge in [-0.1, -0.05) is 19.9 Å². The minimum absolute atomic E-state index is 0.00506. The van der Waals surface area contributed by atoms with E-state index in [-0.39, 0.29) is 11.8 Å². The molecule has 0 saturated heterocycles. The van der Waals surface area contributed by atoms with Gasteiger partial charge in [0.1, 0.15) is 0 Å². The average Bonchev–Trinajstić information content (AvgIpc) is 2.29. The lowest BCUT2D eigenvalue weighted by Gasteiger charge is -2.08. The lowest BCUT2D eigenvalue weighted by molar-refractivity contribution is -0.117. The largest absolute Gasteiger partial charge is 0.326 e. The molecular formula is C14H20N2O2. The molecule has 2 amide bonds. The predicted molar refractivity (Wildman–Crippen MR) is 73.5 cm³/mol. The molecule has 0 fully saturated rings. The number of nitrogens with one attached hydrogen (secondary N) is 2. The zero-order chi connectivity index (χ0) is 13.4. The third kappa shape index (κ3) is 4.99. The number of amides is 2. The van der Waals surface area contributed by atoms with Gasteiger partial charge in [0, 0.05) is 24.2 Å². The molecular weight excluding hydrogens is 228 g/mol. The number of hydrogen-bond donors (Lipinski definition) is 2. The smallest absolute Gasteiger partial charge is 0.224 e. The summed E-state index contributed by atoms with van der Waals surface area (Å²) in [6.07, 6.45) is 2.65. The number of benzene rings is 1. The highest BCUT2D eigenvalue weighted by molar-refractivity contribution is 5.93. The Labute approximate surface area is 108 Å². The molecule has 1 aromatic carbocycles. The van der Waals surface area contributed by atoms with Crippen LogP contribution < -0.4 is 10.6 Å². The molecule has 0 atom stereocenters. The van der Waals surface area contributed by atoms with E-state index in [0.29, 0.717) is 24.2 Å². The van der Waals surface area contributed by atoms with Crippen LogP contribution in [0.25, 0.3) is 0 Å². The van der Waals surface area contributed by atoms with Crippen LogP contribution in [-0.4, -0.2) is 11.8 Å². The van der Waals surface area contributed by atoms with Crippen molar-refractivity contribution in [1.82, 2.24) is 0 Å². The van der Waals surface area contributed by atoms with E-state index < -0.39 is 0 Å². The van der Waals surface area contributed by atoms with Crippen LogP contribution in [0, 0.1) is 0 Å². The second kappa shape index (κ2) is 7.48. The summed E-state index contributed by atoms with van der Waals surface area (Å²) in [4.78, 5) is 22.9. The van der Waals surface area contributed by atoms with E-state index in [1.54, 1.807) is 6.07 Å². The summed E-state index contributed by atoms with van der Waals surface area (Å²) >= 11 is 0. The quantitative estimate of drug-likeness (QED) is 0.812. The molecule has 0 bridgehead atoms. The summed E-state index contributed by atoms with van der Waals surface area (Å²) in [5.41, 5.74) is 1.42. The maximum atomic E-state index is 11.4. The third-order valence-corrected chi connectivity index (χ3v) is 2.38. The van der Waals surface area contributed by atoms with Crippen LogP contribution in [0.15, 0.2) is 24.3 Å². The Morgan fingerprint density at radius 3 is 1.78 bits per heavy atom. The maximum absolute atomic E-state index is 11.4. The molecule has 1 rings (SSSR count). The number of hydrogen-bond acceptors (Lipinski definition) is 2. The highest BCUT2D eigenvalue weighted by atomic mass is 16.2. The van der Waals surface area contributed by atoms with Gasteiger partial charge in [0.2, 0.25) is 11.8 Å². The Morgan fingerprint density at radius 1 is 0.944 bits per heavy atom. The minimum Gasteiger partial charge on any atom is -0.326 e. The van der Waals surface area contributed by atoms with E-state index in [0.717, 1.165) is 12.8 Å². The molecule has 98 valence electrons. The predicted octanol–water partition coefficient (Wildman–Crippen LogP) is 3.16. The molecule has 0 aliphatic heterocycles. The molecule has 2 N–H and O–H groups in total. The van der Waals surface area contributed by atoms with Gasteiger partial charge in [-0.3, -0.25) is 9.59 Å². The molecule has 0 unspecified atom stereocenters. The summed E-state index contributed by atoms with van der Waals surface area (Å²) in [6.45, 7) is 3.92. The average molecular weight is 248 g/mol. The van der Waals surface area contributed by atoms with Gasteiger partial charge in [0.15, 0.2) is 0 Å². The Hall–Kier alpha value is -1.84. The van der Waals surface area contributed by atoms with E-state index in [1.165, 1.54) is 0 Å². The van der Waals surface area contributed by atoms with Crippen LogP contribution >= 0.6 is 0 Å². The van der Waals surface area contributed by atoms with Crippen molar-refractivity contribution >= 4 is 23.2 Å². The van der Waals surface area contributed by atoms with Gasteiger partial charge >= 0.3 is 0 Å². The monoisotopic (exact) mass is 248 g/mol. The van der Waals surface area contributed by atoms with E-state index in [2.05, 4.69) is 10.6 Å². The van der Waals surface area contributed by atoms with Crippen molar-refractivity contribution in [2.45, 2.75) is 39.5 Å². The van der Waals surface area contributed by atoms with Crippen LogP contribution in [0.2, 0.25) is 0 Å².